The molecule has 3 heteroatoms. The van der Waals surface area contributed by atoms with Crippen molar-refractivity contribution in [3.8, 4) is 0 Å². The van der Waals surface area contributed by atoms with Crippen molar-refractivity contribution < 1.29 is 9.53 Å². The number of ether oxygens (including phenoxy) is 1. The van der Waals surface area contributed by atoms with Crippen LogP contribution in [0.15, 0.2) is 0 Å². The average molecular weight is 177 g/mol. The summed E-state index contributed by atoms with van der Waals surface area (Å²) in [6, 6.07) is 0. The zero-order valence-corrected chi connectivity index (χ0v) is 7.65. The van der Waals surface area contributed by atoms with Crippen LogP contribution in [0.25, 0.3) is 0 Å². The molecule has 1 fully saturated rings. The van der Waals surface area contributed by atoms with E-state index in [0.29, 0.717) is 0 Å². The first-order valence-electron chi connectivity index (χ1n) is 3.86. The monoisotopic (exact) mass is 176 g/mol. The van der Waals surface area contributed by atoms with E-state index in [1.807, 2.05) is 13.8 Å². The van der Waals surface area contributed by atoms with E-state index >= 15 is 0 Å². The third kappa shape index (κ3) is 1.74. The summed E-state index contributed by atoms with van der Waals surface area (Å²) in [6.45, 7) is 4.43. The van der Waals surface area contributed by atoms with Crippen LogP contribution in [0.1, 0.15) is 26.7 Å². The van der Waals surface area contributed by atoms with Crippen LogP contribution in [0, 0.1) is 5.41 Å². The molecule has 1 aliphatic heterocycles. The van der Waals surface area contributed by atoms with Crippen LogP contribution >= 0.6 is 11.6 Å². The van der Waals surface area contributed by atoms with Crippen molar-refractivity contribution in [2.45, 2.75) is 32.8 Å². The summed E-state index contributed by atoms with van der Waals surface area (Å²) < 4.78 is 5.37. The lowest BCUT2D eigenvalue weighted by Gasteiger charge is -2.26. The van der Waals surface area contributed by atoms with Crippen LogP contribution in [0.3, 0.4) is 0 Å². The number of rotatable bonds is 2. The third-order valence-electron chi connectivity index (χ3n) is 2.24. The highest BCUT2D eigenvalue weighted by atomic mass is 35.5. The molecule has 1 heterocycles. The van der Waals surface area contributed by atoms with Gasteiger partial charge in [0.2, 0.25) is 5.24 Å². The number of carbonyl (C=O) groups is 1. The van der Waals surface area contributed by atoms with E-state index in [2.05, 4.69) is 0 Å². The molecule has 1 rings (SSSR count). The van der Waals surface area contributed by atoms with E-state index in [0.717, 1.165) is 19.4 Å². The molecule has 1 saturated heterocycles. The van der Waals surface area contributed by atoms with Gasteiger partial charge in [0.05, 0.1) is 11.5 Å². The van der Waals surface area contributed by atoms with E-state index in [1.54, 1.807) is 0 Å². The van der Waals surface area contributed by atoms with Gasteiger partial charge in [-0.25, -0.2) is 0 Å². The Morgan fingerprint density at radius 3 is 2.64 bits per heavy atom. The summed E-state index contributed by atoms with van der Waals surface area (Å²) in [6.07, 6.45) is 2.01. The first-order valence-corrected chi connectivity index (χ1v) is 4.24. The highest BCUT2D eigenvalue weighted by molar-refractivity contribution is 6.64. The van der Waals surface area contributed by atoms with Crippen LogP contribution in [0.2, 0.25) is 0 Å². The minimum atomic E-state index is -0.516. The third-order valence-corrected chi connectivity index (χ3v) is 2.73. The normalized spacial score (nSPS) is 25.5. The first-order chi connectivity index (χ1) is 5.05. The Kier molecular flexibility index (Phi) is 2.55. The maximum Gasteiger partial charge on any atom is 0.229 e. The molecule has 1 aliphatic rings. The summed E-state index contributed by atoms with van der Waals surface area (Å²) in [5.41, 5.74) is -0.516. The SMILES string of the molecule is CC(C)(C(=O)Cl)C1CCCO1. The molecule has 0 aromatic heterocycles. The van der Waals surface area contributed by atoms with Gasteiger partial charge in [-0.05, 0) is 38.3 Å². The molecule has 0 bridgehead atoms. The van der Waals surface area contributed by atoms with Gasteiger partial charge in [0.15, 0.2) is 0 Å². The topological polar surface area (TPSA) is 26.3 Å². The van der Waals surface area contributed by atoms with Gasteiger partial charge in [0.1, 0.15) is 0 Å². The number of carbonyl (C=O) groups excluding carboxylic acids is 1. The first kappa shape index (κ1) is 9.01. The molecule has 11 heavy (non-hydrogen) atoms. The van der Waals surface area contributed by atoms with Gasteiger partial charge in [0, 0.05) is 6.61 Å². The minimum Gasteiger partial charge on any atom is -0.377 e. The fourth-order valence-electron chi connectivity index (χ4n) is 1.27. The zero-order chi connectivity index (χ0) is 8.48. The highest BCUT2D eigenvalue weighted by Crippen LogP contribution is 2.32. The maximum atomic E-state index is 10.9. The molecule has 2 nitrogen and oxygen atoms in total. The highest BCUT2D eigenvalue weighted by Gasteiger charge is 2.38. The molecular formula is C8H13ClO2. The smallest absolute Gasteiger partial charge is 0.229 e. The molecule has 1 atom stereocenters. The Hall–Kier alpha value is -0.0800. The van der Waals surface area contributed by atoms with Crippen molar-refractivity contribution in [3.05, 3.63) is 0 Å². The largest absolute Gasteiger partial charge is 0.377 e. The lowest BCUT2D eigenvalue weighted by Crippen LogP contribution is -2.34. The molecule has 1 unspecified atom stereocenters. The van der Waals surface area contributed by atoms with Crippen LogP contribution < -0.4 is 0 Å². The second-order valence-electron chi connectivity index (χ2n) is 3.50. The second-order valence-corrected chi connectivity index (χ2v) is 3.84. The van der Waals surface area contributed by atoms with Gasteiger partial charge in [-0.15, -0.1) is 0 Å². The summed E-state index contributed by atoms with van der Waals surface area (Å²) in [5, 5.41) is -0.301. The lowest BCUT2D eigenvalue weighted by molar-refractivity contribution is -0.125. The van der Waals surface area contributed by atoms with Crippen molar-refractivity contribution >= 4 is 16.8 Å². The molecule has 64 valence electrons. The fraction of sp³-hybridized carbons (Fsp3) is 0.875. The van der Waals surface area contributed by atoms with Crippen molar-refractivity contribution in [3.63, 3.8) is 0 Å². The fourth-order valence-corrected chi connectivity index (χ4v) is 1.40. The summed E-state index contributed by atoms with van der Waals surface area (Å²) in [4.78, 5) is 10.9. The molecule has 0 spiro atoms. The Morgan fingerprint density at radius 1 is 1.64 bits per heavy atom. The van der Waals surface area contributed by atoms with Crippen molar-refractivity contribution in [2.24, 2.45) is 5.41 Å². The van der Waals surface area contributed by atoms with Gasteiger partial charge in [-0.2, -0.15) is 0 Å². The minimum absolute atomic E-state index is 0.0208. The maximum absolute atomic E-state index is 10.9. The van der Waals surface area contributed by atoms with Gasteiger partial charge < -0.3 is 4.74 Å². The molecule has 0 N–H and O–H groups in total. The number of hydrogen-bond acceptors (Lipinski definition) is 2. The van der Waals surface area contributed by atoms with Crippen LogP contribution in [0.5, 0.6) is 0 Å². The van der Waals surface area contributed by atoms with E-state index in [-0.39, 0.29) is 11.3 Å². The molecule has 0 radical (unpaired) electrons. The van der Waals surface area contributed by atoms with Gasteiger partial charge in [0.25, 0.3) is 0 Å². The zero-order valence-electron chi connectivity index (χ0n) is 6.89. The summed E-state index contributed by atoms with van der Waals surface area (Å²) >= 11 is 5.43. The van der Waals surface area contributed by atoms with Gasteiger partial charge >= 0.3 is 0 Å². The molecule has 0 saturated carbocycles. The Labute approximate surface area is 71.9 Å². The number of halogens is 1. The van der Waals surface area contributed by atoms with Crippen LogP contribution in [0.4, 0.5) is 0 Å². The van der Waals surface area contributed by atoms with E-state index < -0.39 is 5.41 Å². The molecule has 0 aromatic rings. The van der Waals surface area contributed by atoms with Gasteiger partial charge in [-0.1, -0.05) is 0 Å². The van der Waals surface area contributed by atoms with E-state index in [9.17, 15) is 4.79 Å². The van der Waals surface area contributed by atoms with Crippen LogP contribution in [-0.2, 0) is 9.53 Å². The second kappa shape index (κ2) is 3.11. The molecule has 0 aromatic carbocycles. The van der Waals surface area contributed by atoms with Crippen molar-refractivity contribution in [1.29, 1.82) is 0 Å². The molecule has 0 amide bonds. The number of hydrogen-bond donors (Lipinski definition) is 0. The Morgan fingerprint density at radius 2 is 2.27 bits per heavy atom. The molecular weight excluding hydrogens is 164 g/mol. The predicted molar refractivity (Wildman–Crippen MR) is 43.6 cm³/mol. The summed E-state index contributed by atoms with van der Waals surface area (Å²) in [5.74, 6) is 0. The Balaban J connectivity index is 2.62. The average Bonchev–Trinajstić information content (AvgIpc) is 2.37. The van der Waals surface area contributed by atoms with Crippen LogP contribution in [-0.4, -0.2) is 18.0 Å². The quantitative estimate of drug-likeness (QED) is 0.602. The van der Waals surface area contributed by atoms with E-state index in [4.69, 9.17) is 16.3 Å². The van der Waals surface area contributed by atoms with Crippen molar-refractivity contribution in [1.82, 2.24) is 0 Å². The van der Waals surface area contributed by atoms with Crippen molar-refractivity contribution in [2.75, 3.05) is 6.61 Å². The predicted octanol–water partition coefficient (Wildman–Crippen LogP) is 1.96. The molecule has 0 aliphatic carbocycles. The van der Waals surface area contributed by atoms with E-state index in [1.165, 1.54) is 0 Å². The Bertz CT molecular complexity index is 159. The van der Waals surface area contributed by atoms with Gasteiger partial charge in [-0.3, -0.25) is 4.79 Å². The summed E-state index contributed by atoms with van der Waals surface area (Å²) in [7, 11) is 0. The lowest BCUT2D eigenvalue weighted by atomic mass is 9.86. The standard InChI is InChI=1S/C8H13ClO2/c1-8(2,7(9)10)6-4-3-5-11-6/h6H,3-5H2,1-2H3.